The maximum absolute atomic E-state index is 11.8. The van der Waals surface area contributed by atoms with Crippen LogP contribution in [-0.4, -0.2) is 23.0 Å². The highest BCUT2D eigenvalue weighted by Crippen LogP contribution is 2.16. The van der Waals surface area contributed by atoms with Gasteiger partial charge in [-0.05, 0) is 22.9 Å². The predicted molar refractivity (Wildman–Crippen MR) is 95.8 cm³/mol. The van der Waals surface area contributed by atoms with Crippen LogP contribution in [0.1, 0.15) is 11.3 Å². The number of amides is 2. The summed E-state index contributed by atoms with van der Waals surface area (Å²) in [5.74, 6) is -1.59. The van der Waals surface area contributed by atoms with Gasteiger partial charge in [0.2, 0.25) is 0 Å². The third kappa shape index (κ3) is 4.26. The molecule has 0 saturated heterocycles. The number of nitrogens with zero attached hydrogens (tertiary/aromatic N) is 2. The molecule has 0 aliphatic rings. The number of pyridine rings is 1. The Morgan fingerprint density at radius 1 is 0.960 bits per heavy atom. The summed E-state index contributed by atoms with van der Waals surface area (Å²) in [6.45, 7) is 0.181. The molecule has 0 fully saturated rings. The van der Waals surface area contributed by atoms with E-state index in [0.29, 0.717) is 5.69 Å². The molecule has 0 unspecified atom stereocenters. The smallest absolute Gasteiger partial charge is 0.329 e. The Labute approximate surface area is 144 Å². The van der Waals surface area contributed by atoms with Gasteiger partial charge >= 0.3 is 11.8 Å². The number of rotatable bonds is 4. The molecule has 1 heterocycles. The zero-order valence-corrected chi connectivity index (χ0v) is 13.3. The number of hydrazone groups is 1. The Morgan fingerprint density at radius 2 is 1.76 bits per heavy atom. The largest absolute Gasteiger partial charge is 0.342 e. The second kappa shape index (κ2) is 7.83. The van der Waals surface area contributed by atoms with Crippen LogP contribution in [0.4, 0.5) is 0 Å². The van der Waals surface area contributed by atoms with E-state index in [-0.39, 0.29) is 6.54 Å². The van der Waals surface area contributed by atoms with E-state index in [9.17, 15) is 9.59 Å². The van der Waals surface area contributed by atoms with Crippen molar-refractivity contribution >= 4 is 28.8 Å². The summed E-state index contributed by atoms with van der Waals surface area (Å²) in [6, 6.07) is 19.0. The fourth-order valence-electron chi connectivity index (χ4n) is 2.33. The van der Waals surface area contributed by atoms with Crippen molar-refractivity contribution in [2.24, 2.45) is 5.10 Å². The van der Waals surface area contributed by atoms with Crippen LogP contribution in [-0.2, 0) is 16.1 Å². The lowest BCUT2D eigenvalue weighted by Gasteiger charge is -2.04. The lowest BCUT2D eigenvalue weighted by atomic mass is 10.1. The molecule has 1 aromatic heterocycles. The summed E-state index contributed by atoms with van der Waals surface area (Å²) in [7, 11) is 0. The molecule has 0 bridgehead atoms. The molecular formula is C19H16N4O2. The standard InChI is InChI=1S/C19H16N4O2/c24-18(21-13-16-9-3-4-11-20-16)19(25)23-22-12-15-8-5-7-14-6-1-2-10-17(14)15/h1-12H,13H2,(H,21,24)(H,23,25)/b22-12+. The van der Waals surface area contributed by atoms with Crippen LogP contribution in [0.15, 0.2) is 72.0 Å². The number of carbonyl (C=O) groups is 2. The van der Waals surface area contributed by atoms with Gasteiger partial charge in [0.15, 0.2) is 0 Å². The Bertz CT molecular complexity index is 918. The maximum atomic E-state index is 11.8. The number of nitrogens with one attached hydrogen (secondary N) is 2. The molecule has 0 aliphatic carbocycles. The molecule has 0 radical (unpaired) electrons. The molecule has 6 heteroatoms. The van der Waals surface area contributed by atoms with Gasteiger partial charge in [0.25, 0.3) is 0 Å². The number of aromatic nitrogens is 1. The van der Waals surface area contributed by atoms with Crippen LogP contribution in [0.25, 0.3) is 10.8 Å². The Balaban J connectivity index is 1.57. The van der Waals surface area contributed by atoms with Crippen molar-refractivity contribution in [2.75, 3.05) is 0 Å². The van der Waals surface area contributed by atoms with Gasteiger partial charge in [-0.1, -0.05) is 48.5 Å². The molecule has 6 nitrogen and oxygen atoms in total. The molecule has 0 spiro atoms. The molecule has 25 heavy (non-hydrogen) atoms. The molecule has 0 saturated carbocycles. The topological polar surface area (TPSA) is 83.5 Å². The number of hydrogen-bond acceptors (Lipinski definition) is 4. The zero-order chi connectivity index (χ0) is 17.5. The summed E-state index contributed by atoms with van der Waals surface area (Å²) in [6.07, 6.45) is 3.14. The van der Waals surface area contributed by atoms with E-state index in [1.165, 1.54) is 6.21 Å². The lowest BCUT2D eigenvalue weighted by molar-refractivity contribution is -0.139. The first-order valence-electron chi connectivity index (χ1n) is 7.73. The average molecular weight is 332 g/mol. The molecule has 2 amide bonds. The molecular weight excluding hydrogens is 316 g/mol. The molecule has 2 aromatic carbocycles. The molecule has 2 N–H and O–H groups in total. The minimum atomic E-state index is -0.826. The Kier molecular flexibility index (Phi) is 5.11. The van der Waals surface area contributed by atoms with Crippen molar-refractivity contribution < 1.29 is 9.59 Å². The first-order chi connectivity index (χ1) is 12.2. The van der Waals surface area contributed by atoms with Gasteiger partial charge in [-0.3, -0.25) is 14.6 Å². The van der Waals surface area contributed by atoms with Gasteiger partial charge in [-0.2, -0.15) is 5.10 Å². The van der Waals surface area contributed by atoms with E-state index in [1.54, 1.807) is 18.3 Å². The fourth-order valence-corrected chi connectivity index (χ4v) is 2.33. The summed E-state index contributed by atoms with van der Waals surface area (Å²) in [4.78, 5) is 27.6. The number of fused-ring (bicyclic) bond motifs is 1. The lowest BCUT2D eigenvalue weighted by Crippen LogP contribution is -2.37. The Hall–Kier alpha value is -3.54. The third-order valence-electron chi connectivity index (χ3n) is 3.56. The number of carbonyl (C=O) groups excluding carboxylic acids is 2. The van der Waals surface area contributed by atoms with Gasteiger partial charge in [0.05, 0.1) is 18.5 Å². The van der Waals surface area contributed by atoms with Gasteiger partial charge in [-0.25, -0.2) is 5.43 Å². The highest BCUT2D eigenvalue weighted by atomic mass is 16.2. The minimum absolute atomic E-state index is 0.181. The first-order valence-corrected chi connectivity index (χ1v) is 7.73. The van der Waals surface area contributed by atoms with Crippen LogP contribution in [0.5, 0.6) is 0 Å². The SMILES string of the molecule is O=C(NCc1ccccn1)C(=O)N/N=C/c1cccc2ccccc12. The van der Waals surface area contributed by atoms with Crippen LogP contribution in [0.2, 0.25) is 0 Å². The van der Waals surface area contributed by atoms with E-state index in [1.807, 2.05) is 48.5 Å². The van der Waals surface area contributed by atoms with E-state index in [4.69, 9.17) is 0 Å². The van der Waals surface area contributed by atoms with E-state index < -0.39 is 11.8 Å². The van der Waals surface area contributed by atoms with Gasteiger partial charge in [-0.15, -0.1) is 0 Å². The molecule has 3 aromatic rings. The van der Waals surface area contributed by atoms with E-state index >= 15 is 0 Å². The van der Waals surface area contributed by atoms with Gasteiger partial charge in [0.1, 0.15) is 0 Å². The van der Waals surface area contributed by atoms with E-state index in [2.05, 4.69) is 20.8 Å². The van der Waals surface area contributed by atoms with Crippen LogP contribution >= 0.6 is 0 Å². The highest BCUT2D eigenvalue weighted by Gasteiger charge is 2.12. The fraction of sp³-hybridized carbons (Fsp3) is 0.0526. The van der Waals surface area contributed by atoms with Gasteiger partial charge < -0.3 is 5.32 Å². The predicted octanol–water partition coefficient (Wildman–Crippen LogP) is 2.00. The summed E-state index contributed by atoms with van der Waals surface area (Å²) < 4.78 is 0. The molecule has 3 rings (SSSR count). The quantitative estimate of drug-likeness (QED) is 0.435. The average Bonchev–Trinajstić information content (AvgIpc) is 2.67. The maximum Gasteiger partial charge on any atom is 0.329 e. The monoisotopic (exact) mass is 332 g/mol. The summed E-state index contributed by atoms with van der Waals surface area (Å²) in [5, 5.41) is 8.45. The van der Waals surface area contributed by atoms with Crippen molar-refractivity contribution in [3.8, 4) is 0 Å². The third-order valence-corrected chi connectivity index (χ3v) is 3.56. The van der Waals surface area contributed by atoms with Crippen molar-refractivity contribution in [3.63, 3.8) is 0 Å². The summed E-state index contributed by atoms with van der Waals surface area (Å²) >= 11 is 0. The van der Waals surface area contributed by atoms with Crippen molar-refractivity contribution in [1.82, 2.24) is 15.7 Å². The zero-order valence-electron chi connectivity index (χ0n) is 13.3. The van der Waals surface area contributed by atoms with Crippen molar-refractivity contribution in [2.45, 2.75) is 6.54 Å². The minimum Gasteiger partial charge on any atom is -0.342 e. The summed E-state index contributed by atoms with van der Waals surface area (Å²) in [5.41, 5.74) is 3.75. The molecule has 0 atom stereocenters. The van der Waals surface area contributed by atoms with Crippen molar-refractivity contribution in [1.29, 1.82) is 0 Å². The van der Waals surface area contributed by atoms with Crippen LogP contribution in [0.3, 0.4) is 0 Å². The number of benzene rings is 2. The van der Waals surface area contributed by atoms with E-state index in [0.717, 1.165) is 16.3 Å². The number of hydrogen-bond donors (Lipinski definition) is 2. The second-order valence-corrected chi connectivity index (χ2v) is 5.27. The molecule has 124 valence electrons. The first kappa shape index (κ1) is 16.3. The van der Waals surface area contributed by atoms with Gasteiger partial charge in [0, 0.05) is 11.8 Å². The normalized spacial score (nSPS) is 10.7. The second-order valence-electron chi connectivity index (χ2n) is 5.27. The Morgan fingerprint density at radius 3 is 2.60 bits per heavy atom. The molecule has 0 aliphatic heterocycles. The van der Waals surface area contributed by atoms with Crippen LogP contribution in [0, 0.1) is 0 Å². The van der Waals surface area contributed by atoms with Crippen molar-refractivity contribution in [3.05, 3.63) is 78.1 Å². The van der Waals surface area contributed by atoms with Crippen LogP contribution < -0.4 is 10.7 Å². The highest BCUT2D eigenvalue weighted by molar-refractivity contribution is 6.35.